The number of hydrogen-bond donors (Lipinski definition) is 2. The van der Waals surface area contributed by atoms with Crippen LogP contribution in [0.15, 0.2) is 48.8 Å². The van der Waals surface area contributed by atoms with E-state index in [0.717, 1.165) is 11.3 Å². The Bertz CT molecular complexity index is 961. The third kappa shape index (κ3) is 5.28. The van der Waals surface area contributed by atoms with Gasteiger partial charge in [0.1, 0.15) is 6.33 Å². The topological polar surface area (TPSA) is 102 Å². The lowest BCUT2D eigenvalue weighted by molar-refractivity contribution is -0.120. The number of nitrogens with one attached hydrogen (secondary N) is 2. The van der Waals surface area contributed by atoms with Gasteiger partial charge in [-0.05, 0) is 46.3 Å². The Morgan fingerprint density at radius 3 is 2.39 bits per heavy atom. The maximum absolute atomic E-state index is 12.0. The zero-order chi connectivity index (χ0) is 19.9. The fourth-order valence-corrected chi connectivity index (χ4v) is 2.71. The van der Waals surface area contributed by atoms with Crippen molar-refractivity contribution in [2.24, 2.45) is 0 Å². The van der Waals surface area contributed by atoms with E-state index < -0.39 is 0 Å². The Labute approximate surface area is 170 Å². The monoisotopic (exact) mass is 418 g/mol. The largest absolute Gasteiger partial charge is 0.354 e. The number of halogens is 2. The lowest BCUT2D eigenvalue weighted by atomic mass is 10.1. The highest BCUT2D eigenvalue weighted by Gasteiger charge is 2.08. The average Bonchev–Trinajstić information content (AvgIpc) is 3.22. The van der Waals surface area contributed by atoms with E-state index in [1.807, 2.05) is 24.3 Å². The van der Waals surface area contributed by atoms with Crippen LogP contribution in [0, 0.1) is 0 Å². The van der Waals surface area contributed by atoms with E-state index in [0.29, 0.717) is 28.7 Å². The maximum atomic E-state index is 12.0. The maximum Gasteiger partial charge on any atom is 0.251 e. The number of hydrogen-bond acceptors (Lipinski definition) is 5. The fourth-order valence-electron chi connectivity index (χ4n) is 2.41. The summed E-state index contributed by atoms with van der Waals surface area (Å²) in [5.74, 6) is -0.426. The second-order valence-electron chi connectivity index (χ2n) is 5.83. The van der Waals surface area contributed by atoms with Crippen molar-refractivity contribution in [2.45, 2.75) is 6.42 Å². The second kappa shape index (κ2) is 9.29. The van der Waals surface area contributed by atoms with Gasteiger partial charge in [0.15, 0.2) is 0 Å². The number of benzene rings is 2. The van der Waals surface area contributed by atoms with Crippen LogP contribution in [0.5, 0.6) is 0 Å². The van der Waals surface area contributed by atoms with Gasteiger partial charge in [0, 0.05) is 18.7 Å². The summed E-state index contributed by atoms with van der Waals surface area (Å²) < 4.78 is 1.53. The van der Waals surface area contributed by atoms with Crippen molar-refractivity contribution >= 4 is 35.0 Å². The molecule has 0 unspecified atom stereocenters. The predicted molar refractivity (Wildman–Crippen MR) is 105 cm³/mol. The smallest absolute Gasteiger partial charge is 0.251 e. The molecule has 0 radical (unpaired) electrons. The van der Waals surface area contributed by atoms with Crippen LogP contribution >= 0.6 is 23.2 Å². The van der Waals surface area contributed by atoms with Crippen LogP contribution in [0.4, 0.5) is 0 Å². The molecule has 1 heterocycles. The first kappa shape index (κ1) is 19.8. The molecular weight excluding hydrogens is 403 g/mol. The van der Waals surface area contributed by atoms with Crippen LogP contribution in [-0.2, 0) is 11.2 Å². The van der Waals surface area contributed by atoms with Gasteiger partial charge in [-0.2, -0.15) is 0 Å². The Hall–Kier alpha value is -2.97. The second-order valence-corrected chi connectivity index (χ2v) is 6.65. The summed E-state index contributed by atoms with van der Waals surface area (Å²) in [6, 6.07) is 12.0. The van der Waals surface area contributed by atoms with Crippen LogP contribution in [0.25, 0.3) is 5.69 Å². The molecule has 28 heavy (non-hydrogen) atoms. The van der Waals surface area contributed by atoms with Crippen LogP contribution in [0.2, 0.25) is 10.0 Å². The molecular formula is C18H16Cl2N6O2. The van der Waals surface area contributed by atoms with Crippen LogP contribution in [0.3, 0.4) is 0 Å². The Kier molecular flexibility index (Phi) is 6.57. The highest BCUT2D eigenvalue weighted by atomic mass is 35.5. The summed E-state index contributed by atoms with van der Waals surface area (Å²) in [5.41, 5.74) is 2.07. The summed E-state index contributed by atoms with van der Waals surface area (Å²) >= 11 is 11.7. The highest BCUT2D eigenvalue weighted by molar-refractivity contribution is 6.42. The molecule has 3 aromatic rings. The minimum atomic E-state index is -0.286. The summed E-state index contributed by atoms with van der Waals surface area (Å²) in [5, 5.41) is 17.1. The quantitative estimate of drug-likeness (QED) is 0.571. The van der Waals surface area contributed by atoms with E-state index in [1.165, 1.54) is 17.1 Å². The minimum absolute atomic E-state index is 0.140. The van der Waals surface area contributed by atoms with Crippen LogP contribution in [0.1, 0.15) is 15.9 Å². The first-order chi connectivity index (χ1) is 13.5. The molecule has 2 amide bonds. The Morgan fingerprint density at radius 1 is 0.964 bits per heavy atom. The van der Waals surface area contributed by atoms with Gasteiger partial charge < -0.3 is 10.6 Å². The molecule has 0 aliphatic heterocycles. The summed E-state index contributed by atoms with van der Waals surface area (Å²) in [6.45, 7) is 0.609. The third-order valence-electron chi connectivity index (χ3n) is 3.83. The number of tetrazole rings is 1. The van der Waals surface area contributed by atoms with Gasteiger partial charge in [-0.15, -0.1) is 5.10 Å². The zero-order valence-electron chi connectivity index (χ0n) is 14.6. The molecule has 0 saturated heterocycles. The molecule has 1 aromatic heterocycles. The van der Waals surface area contributed by atoms with Crippen molar-refractivity contribution in [2.75, 3.05) is 13.1 Å². The third-order valence-corrected chi connectivity index (χ3v) is 4.57. The number of rotatable bonds is 7. The predicted octanol–water partition coefficient (Wildman–Crippen LogP) is 2.06. The van der Waals surface area contributed by atoms with Crippen molar-refractivity contribution < 1.29 is 9.59 Å². The molecule has 8 nitrogen and oxygen atoms in total. The first-order valence-corrected chi connectivity index (χ1v) is 9.11. The van der Waals surface area contributed by atoms with Crippen LogP contribution in [-0.4, -0.2) is 45.1 Å². The minimum Gasteiger partial charge on any atom is -0.354 e. The van der Waals surface area contributed by atoms with Gasteiger partial charge in [-0.1, -0.05) is 35.3 Å². The summed E-state index contributed by atoms with van der Waals surface area (Å²) in [4.78, 5) is 24.1. The van der Waals surface area contributed by atoms with Crippen molar-refractivity contribution in [1.29, 1.82) is 0 Å². The Morgan fingerprint density at radius 2 is 1.71 bits per heavy atom. The van der Waals surface area contributed by atoms with Crippen LogP contribution < -0.4 is 10.6 Å². The fraction of sp³-hybridized carbons (Fsp3) is 0.167. The van der Waals surface area contributed by atoms with E-state index in [9.17, 15) is 9.59 Å². The lowest BCUT2D eigenvalue weighted by Gasteiger charge is -2.08. The van der Waals surface area contributed by atoms with E-state index in [1.54, 1.807) is 12.1 Å². The van der Waals surface area contributed by atoms with Gasteiger partial charge in [-0.25, -0.2) is 4.68 Å². The zero-order valence-corrected chi connectivity index (χ0v) is 16.1. The number of aromatic nitrogens is 4. The summed E-state index contributed by atoms with van der Waals surface area (Å²) in [7, 11) is 0. The van der Waals surface area contributed by atoms with E-state index in [4.69, 9.17) is 23.2 Å². The van der Waals surface area contributed by atoms with Gasteiger partial charge in [-0.3, -0.25) is 9.59 Å². The molecule has 2 aromatic carbocycles. The molecule has 144 valence electrons. The SMILES string of the molecule is O=C(Cc1ccc(-n2cnnn2)cc1)NCCNC(=O)c1ccc(Cl)c(Cl)c1. The molecule has 3 rings (SSSR count). The number of nitrogens with zero attached hydrogens (tertiary/aromatic N) is 4. The number of amides is 2. The van der Waals surface area contributed by atoms with Crippen molar-refractivity contribution in [3.63, 3.8) is 0 Å². The summed E-state index contributed by atoms with van der Waals surface area (Å²) in [6.07, 6.45) is 1.73. The van der Waals surface area contributed by atoms with E-state index in [-0.39, 0.29) is 18.2 Å². The molecule has 0 spiro atoms. The standard InChI is InChI=1S/C18H16Cl2N6O2/c19-15-6-3-13(10-16(15)20)18(28)22-8-7-21-17(27)9-12-1-4-14(5-2-12)26-11-23-24-25-26/h1-6,10-11H,7-9H2,(H,21,27)(H,22,28). The lowest BCUT2D eigenvalue weighted by Crippen LogP contribution is -2.35. The first-order valence-electron chi connectivity index (χ1n) is 8.35. The molecule has 0 aliphatic carbocycles. The molecule has 0 atom stereocenters. The number of carbonyl (C=O) groups is 2. The molecule has 0 bridgehead atoms. The normalized spacial score (nSPS) is 10.5. The van der Waals surface area contributed by atoms with Gasteiger partial charge >= 0.3 is 0 Å². The Balaban J connectivity index is 1.40. The number of carbonyl (C=O) groups excluding carboxylic acids is 2. The molecule has 0 aliphatic rings. The van der Waals surface area contributed by atoms with Crippen molar-refractivity contribution in [1.82, 2.24) is 30.8 Å². The molecule has 0 fully saturated rings. The average molecular weight is 419 g/mol. The molecule has 10 heteroatoms. The highest BCUT2D eigenvalue weighted by Crippen LogP contribution is 2.22. The van der Waals surface area contributed by atoms with Crippen molar-refractivity contribution in [3.05, 3.63) is 70.0 Å². The van der Waals surface area contributed by atoms with E-state index >= 15 is 0 Å². The van der Waals surface area contributed by atoms with Gasteiger partial charge in [0.2, 0.25) is 5.91 Å². The van der Waals surface area contributed by atoms with Gasteiger partial charge in [0.25, 0.3) is 5.91 Å². The van der Waals surface area contributed by atoms with Gasteiger partial charge in [0.05, 0.1) is 22.2 Å². The molecule has 0 saturated carbocycles. The molecule has 2 N–H and O–H groups in total. The van der Waals surface area contributed by atoms with E-state index in [2.05, 4.69) is 26.2 Å². The van der Waals surface area contributed by atoms with Crippen molar-refractivity contribution in [3.8, 4) is 5.69 Å².